The van der Waals surface area contributed by atoms with Crippen molar-refractivity contribution in [2.24, 2.45) is 11.8 Å². The number of nitrogens with zero attached hydrogens (tertiary/aromatic N) is 1. The molecule has 41 heavy (non-hydrogen) atoms. The van der Waals surface area contributed by atoms with Crippen molar-refractivity contribution in [1.29, 1.82) is 0 Å². The summed E-state index contributed by atoms with van der Waals surface area (Å²) in [6.07, 6.45) is 11.1. The van der Waals surface area contributed by atoms with E-state index in [1.807, 2.05) is 0 Å². The molecule has 2 heterocycles. The molecule has 1 saturated heterocycles. The molecule has 1 aromatic rings. The summed E-state index contributed by atoms with van der Waals surface area (Å²) in [7, 11) is 0. The van der Waals surface area contributed by atoms with Gasteiger partial charge in [-0.2, -0.15) is 0 Å². The second-order valence-corrected chi connectivity index (χ2v) is 11.6. The van der Waals surface area contributed by atoms with Gasteiger partial charge < -0.3 is 26.4 Å². The molecule has 1 aliphatic rings. The minimum Gasteiger partial charge on any atom is -0.391 e. The Morgan fingerprint density at radius 3 is 2.37 bits per heavy atom. The highest BCUT2D eigenvalue weighted by molar-refractivity contribution is 5.98. The van der Waals surface area contributed by atoms with Crippen molar-refractivity contribution in [3.8, 4) is 0 Å². The van der Waals surface area contributed by atoms with E-state index < -0.39 is 42.0 Å². The molecule has 6 atom stereocenters. The van der Waals surface area contributed by atoms with Gasteiger partial charge in [0.05, 0.1) is 12.1 Å². The fraction of sp³-hybridized carbons (Fsp3) is 0.710. The van der Waals surface area contributed by atoms with Crippen LogP contribution in [0.2, 0.25) is 0 Å². The van der Waals surface area contributed by atoms with Gasteiger partial charge in [0, 0.05) is 30.4 Å². The fourth-order valence-electron chi connectivity index (χ4n) is 5.13. The molecule has 2 rings (SSSR count). The van der Waals surface area contributed by atoms with E-state index in [0.29, 0.717) is 24.9 Å². The number of hydrogen-bond donors (Lipinski definition) is 5. The maximum absolute atomic E-state index is 13.2. The number of nitrogens with one attached hydrogen (secondary N) is 4. The first kappa shape index (κ1) is 34.2. The number of carbonyl (C=O) groups excluding carboxylic acids is 4. The fourth-order valence-corrected chi connectivity index (χ4v) is 5.13. The molecule has 10 heteroatoms. The second kappa shape index (κ2) is 18.4. The van der Waals surface area contributed by atoms with Gasteiger partial charge >= 0.3 is 0 Å². The third-order valence-electron chi connectivity index (χ3n) is 7.83. The standard InChI is InChI=1S/C31H51N5O5/c1-5-6-16-33-28(38)22(3)20-27(37)26-19-21(2)12-10-8-7-9-11-13-25(31(41)34-23(4)29(39)36-26)35-30(40)24-14-17-32-18-15-24/h14-15,17-18,21-23,25-27,37H,5-13,16,19-20H2,1-4H3,(H,33,38)(H,34,41)(H,35,40)(H,36,39). The number of carbonyl (C=O) groups is 4. The van der Waals surface area contributed by atoms with Crippen LogP contribution in [0, 0.1) is 11.8 Å². The molecule has 4 amide bonds. The summed E-state index contributed by atoms with van der Waals surface area (Å²) in [4.78, 5) is 55.6. The summed E-state index contributed by atoms with van der Waals surface area (Å²) in [5, 5.41) is 22.6. The van der Waals surface area contributed by atoms with Crippen LogP contribution in [0.5, 0.6) is 0 Å². The molecule has 1 fully saturated rings. The molecule has 0 bridgehead atoms. The van der Waals surface area contributed by atoms with E-state index >= 15 is 0 Å². The molecule has 0 radical (unpaired) electrons. The molecular formula is C31H51N5O5. The summed E-state index contributed by atoms with van der Waals surface area (Å²) in [5.74, 6) is -1.45. The third-order valence-corrected chi connectivity index (χ3v) is 7.83. The number of aliphatic hydroxyl groups is 1. The van der Waals surface area contributed by atoms with Crippen LogP contribution in [-0.2, 0) is 14.4 Å². The number of amides is 4. The third kappa shape index (κ3) is 12.6. The number of hydrogen-bond acceptors (Lipinski definition) is 6. The van der Waals surface area contributed by atoms with Gasteiger partial charge in [-0.05, 0) is 50.7 Å². The zero-order valence-corrected chi connectivity index (χ0v) is 25.3. The molecule has 0 aromatic carbocycles. The summed E-state index contributed by atoms with van der Waals surface area (Å²) in [6.45, 7) is 8.16. The summed E-state index contributed by atoms with van der Waals surface area (Å²) < 4.78 is 0. The molecule has 0 aliphatic carbocycles. The van der Waals surface area contributed by atoms with Crippen molar-refractivity contribution in [3.05, 3.63) is 30.1 Å². The van der Waals surface area contributed by atoms with E-state index in [9.17, 15) is 24.3 Å². The Balaban J connectivity index is 2.11. The first-order valence-corrected chi connectivity index (χ1v) is 15.4. The number of aliphatic hydroxyl groups excluding tert-OH is 1. The number of rotatable bonds is 9. The lowest BCUT2D eigenvalue weighted by atomic mass is 9.89. The maximum atomic E-state index is 13.2. The minimum atomic E-state index is -0.914. The quantitative estimate of drug-likeness (QED) is 0.286. The number of pyridine rings is 1. The Morgan fingerprint density at radius 2 is 1.68 bits per heavy atom. The van der Waals surface area contributed by atoms with E-state index in [-0.39, 0.29) is 24.2 Å². The molecular weight excluding hydrogens is 522 g/mol. The van der Waals surface area contributed by atoms with E-state index in [4.69, 9.17) is 0 Å². The number of aromatic nitrogens is 1. The zero-order valence-electron chi connectivity index (χ0n) is 25.3. The van der Waals surface area contributed by atoms with Crippen LogP contribution in [0.3, 0.4) is 0 Å². The van der Waals surface area contributed by atoms with E-state index in [0.717, 1.165) is 51.4 Å². The van der Waals surface area contributed by atoms with Crippen LogP contribution in [0.15, 0.2) is 24.5 Å². The average molecular weight is 574 g/mol. The highest BCUT2D eigenvalue weighted by Crippen LogP contribution is 2.21. The molecule has 0 spiro atoms. The van der Waals surface area contributed by atoms with E-state index in [1.165, 1.54) is 12.4 Å². The molecule has 230 valence electrons. The lowest BCUT2D eigenvalue weighted by molar-refractivity contribution is -0.130. The Kier molecular flexibility index (Phi) is 15.4. The topological polar surface area (TPSA) is 150 Å². The van der Waals surface area contributed by atoms with Gasteiger partial charge in [-0.25, -0.2) is 0 Å². The molecule has 1 aliphatic heterocycles. The van der Waals surface area contributed by atoms with Crippen molar-refractivity contribution < 1.29 is 24.3 Å². The van der Waals surface area contributed by atoms with Crippen LogP contribution < -0.4 is 21.3 Å². The van der Waals surface area contributed by atoms with Gasteiger partial charge in [0.1, 0.15) is 12.1 Å². The van der Waals surface area contributed by atoms with Crippen molar-refractivity contribution in [2.45, 2.75) is 123 Å². The Hall–Kier alpha value is -3.01. The monoisotopic (exact) mass is 573 g/mol. The average Bonchev–Trinajstić information content (AvgIpc) is 2.95. The first-order valence-electron chi connectivity index (χ1n) is 15.4. The molecule has 5 N–H and O–H groups in total. The van der Waals surface area contributed by atoms with Crippen molar-refractivity contribution in [1.82, 2.24) is 26.3 Å². The second-order valence-electron chi connectivity index (χ2n) is 11.6. The van der Waals surface area contributed by atoms with Crippen LogP contribution in [0.1, 0.15) is 109 Å². The predicted octanol–water partition coefficient (Wildman–Crippen LogP) is 3.24. The van der Waals surface area contributed by atoms with Crippen LogP contribution in [-0.4, -0.2) is 64.5 Å². The van der Waals surface area contributed by atoms with E-state index in [2.05, 4.69) is 40.1 Å². The molecule has 1 aromatic heterocycles. The molecule has 0 saturated carbocycles. The highest BCUT2D eigenvalue weighted by atomic mass is 16.3. The Bertz CT molecular complexity index is 959. The summed E-state index contributed by atoms with van der Waals surface area (Å²) in [5.41, 5.74) is 0.407. The van der Waals surface area contributed by atoms with Gasteiger partial charge in [-0.15, -0.1) is 0 Å². The van der Waals surface area contributed by atoms with Crippen molar-refractivity contribution >= 4 is 23.6 Å². The Labute approximate surface area is 245 Å². The number of unbranched alkanes of at least 4 members (excludes halogenated alkanes) is 1. The van der Waals surface area contributed by atoms with Crippen LogP contribution >= 0.6 is 0 Å². The highest BCUT2D eigenvalue weighted by Gasteiger charge is 2.30. The van der Waals surface area contributed by atoms with Crippen LogP contribution in [0.4, 0.5) is 0 Å². The predicted molar refractivity (Wildman–Crippen MR) is 159 cm³/mol. The first-order chi connectivity index (χ1) is 19.6. The largest absolute Gasteiger partial charge is 0.391 e. The van der Waals surface area contributed by atoms with Crippen LogP contribution in [0.25, 0.3) is 0 Å². The lowest BCUT2D eigenvalue weighted by Gasteiger charge is -2.30. The van der Waals surface area contributed by atoms with Gasteiger partial charge in [0.2, 0.25) is 17.7 Å². The van der Waals surface area contributed by atoms with Gasteiger partial charge in [-0.1, -0.05) is 65.7 Å². The minimum absolute atomic E-state index is 0.106. The normalized spacial score (nSPS) is 24.8. The van der Waals surface area contributed by atoms with E-state index in [1.54, 1.807) is 26.0 Å². The molecule has 6 unspecified atom stereocenters. The van der Waals surface area contributed by atoms with Gasteiger partial charge in [0.15, 0.2) is 0 Å². The SMILES string of the molecule is CCCCNC(=O)C(C)CC(O)C1CC(C)CCCCCCCC(NC(=O)c2ccncc2)C(=O)NC(C)C(=O)N1. The summed E-state index contributed by atoms with van der Waals surface area (Å²) >= 11 is 0. The van der Waals surface area contributed by atoms with Gasteiger partial charge in [0.25, 0.3) is 5.91 Å². The smallest absolute Gasteiger partial charge is 0.252 e. The van der Waals surface area contributed by atoms with Gasteiger partial charge in [-0.3, -0.25) is 24.2 Å². The molecule has 10 nitrogen and oxygen atoms in total. The van der Waals surface area contributed by atoms with Crippen molar-refractivity contribution in [2.75, 3.05) is 6.54 Å². The Morgan fingerprint density at radius 1 is 1.02 bits per heavy atom. The zero-order chi connectivity index (χ0) is 30.2. The lowest BCUT2D eigenvalue weighted by Crippen LogP contribution is -2.55. The van der Waals surface area contributed by atoms with Crippen molar-refractivity contribution in [3.63, 3.8) is 0 Å². The summed E-state index contributed by atoms with van der Waals surface area (Å²) in [6, 6.07) is 0.947. The maximum Gasteiger partial charge on any atom is 0.252 e.